The van der Waals surface area contributed by atoms with Gasteiger partial charge in [-0.3, -0.25) is 4.79 Å². The van der Waals surface area contributed by atoms with E-state index in [9.17, 15) is 4.79 Å². The Morgan fingerprint density at radius 1 is 1.33 bits per heavy atom. The molecule has 140 valence electrons. The third-order valence-corrected chi connectivity index (χ3v) is 4.60. The predicted molar refractivity (Wildman–Crippen MR) is 103 cm³/mol. The summed E-state index contributed by atoms with van der Waals surface area (Å²) in [5.74, 6) is 2.04. The molecule has 9 heteroatoms. The number of carbonyl (C=O) groups excluding carboxylic acids is 1. The Labute approximate surface area is 160 Å². The van der Waals surface area contributed by atoms with Gasteiger partial charge in [-0.1, -0.05) is 11.8 Å². The van der Waals surface area contributed by atoms with E-state index in [-0.39, 0.29) is 11.7 Å². The highest BCUT2D eigenvalue weighted by Crippen LogP contribution is 2.25. The standard InChI is InChI=1S/C18H19N5O3S/c1-3-23-17(13-6-8-14(25-2)9-7-13)21-22-18(23)27-12-16(24)20-19-11-15-5-4-10-26-15/h4-11H,3,12H2,1-2H3,(H,20,24)/b19-11+. The van der Waals surface area contributed by atoms with Crippen LogP contribution in [-0.2, 0) is 11.3 Å². The van der Waals surface area contributed by atoms with Gasteiger partial charge in [-0.05, 0) is 43.3 Å². The predicted octanol–water partition coefficient (Wildman–Crippen LogP) is 2.81. The Kier molecular flexibility index (Phi) is 6.26. The number of thioether (sulfide) groups is 1. The molecule has 27 heavy (non-hydrogen) atoms. The molecule has 0 saturated carbocycles. The second-order valence-corrected chi connectivity index (χ2v) is 6.32. The maximum Gasteiger partial charge on any atom is 0.250 e. The van der Waals surface area contributed by atoms with Crippen molar-refractivity contribution in [3.8, 4) is 17.1 Å². The molecule has 0 saturated heterocycles. The number of hydrogen-bond acceptors (Lipinski definition) is 7. The lowest BCUT2D eigenvalue weighted by atomic mass is 10.2. The minimum Gasteiger partial charge on any atom is -0.497 e. The smallest absolute Gasteiger partial charge is 0.250 e. The third-order valence-electron chi connectivity index (χ3n) is 3.64. The second-order valence-electron chi connectivity index (χ2n) is 5.38. The van der Waals surface area contributed by atoms with Gasteiger partial charge in [0, 0.05) is 12.1 Å². The topological polar surface area (TPSA) is 94.5 Å². The van der Waals surface area contributed by atoms with E-state index in [1.807, 2.05) is 35.8 Å². The molecule has 3 rings (SSSR count). The Hall–Kier alpha value is -3.07. The molecule has 0 unspecified atom stereocenters. The van der Waals surface area contributed by atoms with Crippen molar-refractivity contribution in [2.75, 3.05) is 12.9 Å². The number of methoxy groups -OCH3 is 1. The fourth-order valence-corrected chi connectivity index (χ4v) is 3.12. The fourth-order valence-electron chi connectivity index (χ4n) is 2.33. The first kappa shape index (κ1) is 18.7. The molecule has 2 aromatic heterocycles. The monoisotopic (exact) mass is 385 g/mol. The van der Waals surface area contributed by atoms with Crippen LogP contribution >= 0.6 is 11.8 Å². The number of hydrazone groups is 1. The zero-order chi connectivity index (χ0) is 19.1. The molecule has 0 bridgehead atoms. The SMILES string of the molecule is CCn1c(SCC(=O)N/N=C/c2ccco2)nnc1-c1ccc(OC)cc1. The highest BCUT2D eigenvalue weighted by molar-refractivity contribution is 7.99. The van der Waals surface area contributed by atoms with Crippen LogP contribution < -0.4 is 10.2 Å². The molecule has 1 N–H and O–H groups in total. The van der Waals surface area contributed by atoms with Crippen LogP contribution in [0.25, 0.3) is 11.4 Å². The quantitative estimate of drug-likeness (QED) is 0.364. The first-order valence-corrected chi connectivity index (χ1v) is 9.25. The molecule has 0 fully saturated rings. The van der Waals surface area contributed by atoms with Gasteiger partial charge in [0.05, 0.1) is 25.3 Å². The van der Waals surface area contributed by atoms with Crippen LogP contribution in [0.2, 0.25) is 0 Å². The molecule has 0 aliphatic carbocycles. The number of carbonyl (C=O) groups is 1. The second kappa shape index (κ2) is 9.04. The van der Waals surface area contributed by atoms with Gasteiger partial charge in [-0.15, -0.1) is 10.2 Å². The number of nitrogens with one attached hydrogen (secondary N) is 1. The summed E-state index contributed by atoms with van der Waals surface area (Å²) in [6.07, 6.45) is 2.98. The Balaban J connectivity index is 1.61. The Bertz CT molecular complexity index is 904. The minimum absolute atomic E-state index is 0.177. The zero-order valence-electron chi connectivity index (χ0n) is 15.0. The van der Waals surface area contributed by atoms with Crippen LogP contribution in [0, 0.1) is 0 Å². The lowest BCUT2D eigenvalue weighted by Gasteiger charge is -2.07. The van der Waals surface area contributed by atoms with Crippen LogP contribution in [0.1, 0.15) is 12.7 Å². The molecule has 0 spiro atoms. The summed E-state index contributed by atoms with van der Waals surface area (Å²) in [5, 5.41) is 13.0. The van der Waals surface area contributed by atoms with Gasteiger partial charge in [-0.2, -0.15) is 5.10 Å². The van der Waals surface area contributed by atoms with Gasteiger partial charge in [0.15, 0.2) is 11.0 Å². The van der Waals surface area contributed by atoms with Crippen molar-refractivity contribution < 1.29 is 13.9 Å². The number of aromatic nitrogens is 3. The lowest BCUT2D eigenvalue weighted by Crippen LogP contribution is -2.20. The number of benzene rings is 1. The van der Waals surface area contributed by atoms with Crippen LogP contribution in [0.3, 0.4) is 0 Å². The first-order valence-electron chi connectivity index (χ1n) is 8.27. The average Bonchev–Trinajstić information content (AvgIpc) is 3.36. The molecule has 1 amide bonds. The maximum atomic E-state index is 11.9. The van der Waals surface area contributed by atoms with Crippen molar-refractivity contribution in [1.29, 1.82) is 0 Å². The number of amides is 1. The molecule has 2 heterocycles. The van der Waals surface area contributed by atoms with Crippen molar-refractivity contribution in [1.82, 2.24) is 20.2 Å². The summed E-state index contributed by atoms with van der Waals surface area (Å²) in [6.45, 7) is 2.70. The summed E-state index contributed by atoms with van der Waals surface area (Å²) in [4.78, 5) is 11.9. The van der Waals surface area contributed by atoms with E-state index in [1.54, 1.807) is 19.2 Å². The number of rotatable bonds is 8. The minimum atomic E-state index is -0.237. The highest BCUT2D eigenvalue weighted by atomic mass is 32.2. The Morgan fingerprint density at radius 2 is 2.15 bits per heavy atom. The van der Waals surface area contributed by atoms with Crippen molar-refractivity contribution in [2.24, 2.45) is 5.10 Å². The number of ether oxygens (including phenoxy) is 1. The van der Waals surface area contributed by atoms with Gasteiger partial charge >= 0.3 is 0 Å². The van der Waals surface area contributed by atoms with Crippen molar-refractivity contribution in [2.45, 2.75) is 18.6 Å². The number of nitrogens with zero attached hydrogens (tertiary/aromatic N) is 4. The van der Waals surface area contributed by atoms with Gasteiger partial charge in [0.25, 0.3) is 5.91 Å². The van der Waals surface area contributed by atoms with Gasteiger partial charge in [-0.25, -0.2) is 5.43 Å². The molecule has 3 aromatic rings. The summed E-state index contributed by atoms with van der Waals surface area (Å²) >= 11 is 1.31. The van der Waals surface area contributed by atoms with E-state index in [0.717, 1.165) is 17.1 Å². The van der Waals surface area contributed by atoms with E-state index in [0.29, 0.717) is 17.5 Å². The molecular weight excluding hydrogens is 366 g/mol. The van der Waals surface area contributed by atoms with E-state index in [2.05, 4.69) is 20.7 Å². The lowest BCUT2D eigenvalue weighted by molar-refractivity contribution is -0.118. The molecule has 8 nitrogen and oxygen atoms in total. The van der Waals surface area contributed by atoms with Crippen LogP contribution in [-0.4, -0.2) is 39.7 Å². The highest BCUT2D eigenvalue weighted by Gasteiger charge is 2.14. The van der Waals surface area contributed by atoms with E-state index in [1.165, 1.54) is 24.2 Å². The third kappa shape index (κ3) is 4.76. The normalized spacial score (nSPS) is 11.0. The van der Waals surface area contributed by atoms with Gasteiger partial charge < -0.3 is 13.7 Å². The largest absolute Gasteiger partial charge is 0.497 e. The number of hydrogen-bond donors (Lipinski definition) is 1. The maximum absolute atomic E-state index is 11.9. The van der Waals surface area contributed by atoms with Crippen molar-refractivity contribution >= 4 is 23.9 Å². The molecule has 1 aromatic carbocycles. The number of furan rings is 1. The summed E-state index contributed by atoms with van der Waals surface area (Å²) in [6, 6.07) is 11.1. The summed E-state index contributed by atoms with van der Waals surface area (Å²) in [5.41, 5.74) is 3.39. The van der Waals surface area contributed by atoms with E-state index < -0.39 is 0 Å². The van der Waals surface area contributed by atoms with E-state index >= 15 is 0 Å². The van der Waals surface area contributed by atoms with Crippen molar-refractivity contribution in [3.05, 3.63) is 48.4 Å². The Morgan fingerprint density at radius 3 is 2.81 bits per heavy atom. The molecule has 0 atom stereocenters. The molecular formula is C18H19N5O3S. The average molecular weight is 385 g/mol. The molecule has 0 aliphatic rings. The summed E-state index contributed by atoms with van der Waals surface area (Å²) < 4.78 is 12.2. The molecule has 0 aliphatic heterocycles. The first-order chi connectivity index (χ1) is 13.2. The fraction of sp³-hybridized carbons (Fsp3) is 0.222. The van der Waals surface area contributed by atoms with Crippen LogP contribution in [0.15, 0.2) is 57.3 Å². The summed E-state index contributed by atoms with van der Waals surface area (Å²) in [7, 11) is 1.63. The van der Waals surface area contributed by atoms with Gasteiger partial charge in [0.2, 0.25) is 0 Å². The van der Waals surface area contributed by atoms with Gasteiger partial charge in [0.1, 0.15) is 11.5 Å². The molecule has 0 radical (unpaired) electrons. The van der Waals surface area contributed by atoms with E-state index in [4.69, 9.17) is 9.15 Å². The van der Waals surface area contributed by atoms with Crippen LogP contribution in [0.5, 0.6) is 5.75 Å². The zero-order valence-corrected chi connectivity index (χ0v) is 15.8. The van der Waals surface area contributed by atoms with Crippen LogP contribution in [0.4, 0.5) is 0 Å². The van der Waals surface area contributed by atoms with Crippen molar-refractivity contribution in [3.63, 3.8) is 0 Å².